The summed E-state index contributed by atoms with van der Waals surface area (Å²) in [4.78, 5) is 13.2. The molecule has 3 aliphatic heterocycles. The van der Waals surface area contributed by atoms with Crippen molar-refractivity contribution in [3.63, 3.8) is 0 Å². The van der Waals surface area contributed by atoms with Gasteiger partial charge in [0.2, 0.25) is 5.91 Å². The molecule has 17 unspecified atom stereocenters. The van der Waals surface area contributed by atoms with Crippen LogP contribution in [0.5, 0.6) is 0 Å². The Kier molecular flexibility index (Phi) is 47.3. The highest BCUT2D eigenvalue weighted by Gasteiger charge is 2.53. The van der Waals surface area contributed by atoms with Crippen LogP contribution >= 0.6 is 0 Å². The molecule has 518 valence electrons. The van der Waals surface area contributed by atoms with E-state index >= 15 is 0 Å². The first-order valence-corrected chi connectivity index (χ1v) is 35.6. The molecule has 1 amide bonds. The van der Waals surface area contributed by atoms with Crippen molar-refractivity contribution in [2.24, 2.45) is 0 Å². The number of aliphatic hydroxyl groups is 11. The fourth-order valence-corrected chi connectivity index (χ4v) is 12.2. The largest absolute Gasteiger partial charge is 0.394 e. The lowest BCUT2D eigenvalue weighted by Gasteiger charge is -2.48. The van der Waals surface area contributed by atoms with Gasteiger partial charge >= 0.3 is 0 Å². The summed E-state index contributed by atoms with van der Waals surface area (Å²) >= 11 is 0. The highest BCUT2D eigenvalue weighted by atomic mass is 16.8. The molecule has 3 fully saturated rings. The molecule has 0 saturated carbocycles. The van der Waals surface area contributed by atoms with Gasteiger partial charge in [-0.3, -0.25) is 4.79 Å². The van der Waals surface area contributed by atoms with Crippen molar-refractivity contribution in [2.75, 3.05) is 26.4 Å². The van der Waals surface area contributed by atoms with E-state index in [1.807, 2.05) is 13.0 Å². The Balaban J connectivity index is 1.19. The van der Waals surface area contributed by atoms with Crippen molar-refractivity contribution >= 4 is 5.91 Å². The Morgan fingerprint density at radius 1 is 0.398 bits per heavy atom. The van der Waals surface area contributed by atoms with Crippen LogP contribution in [-0.2, 0) is 33.2 Å². The van der Waals surface area contributed by atoms with E-state index in [4.69, 9.17) is 28.4 Å². The Hall–Kier alpha value is -1.73. The number of unbranched alkanes of at least 4 members (excludes halogenated alkanes) is 37. The van der Waals surface area contributed by atoms with Crippen LogP contribution in [0, 0.1) is 0 Å². The van der Waals surface area contributed by atoms with Gasteiger partial charge in [-0.2, -0.15) is 0 Å². The maximum Gasteiger partial charge on any atom is 0.220 e. The first-order valence-electron chi connectivity index (χ1n) is 35.6. The van der Waals surface area contributed by atoms with E-state index in [2.05, 4.69) is 24.4 Å². The number of hydrogen-bond acceptors (Lipinski definition) is 18. The average Bonchev–Trinajstić information content (AvgIpc) is 0.959. The standard InChI is InChI=1S/C69H129NO18/c1-3-5-7-9-10-11-12-13-14-15-16-17-18-19-20-21-22-23-24-25-26-27-28-29-30-31-32-33-34-35-36-37-38-39-40-41-42-43-45-47-57(75)70-52(53(74)46-44-8-6-4-2)51-83-67-63(81)60(78)65(55(49-72)85-67)88-69-64(82)61(79)66(56(50-73)86-69)87-68-62(80)59(77)58(76)54(48-71)84-68/h15-16,44,46,52-56,58-69,71-74,76-82H,3-14,17-43,45,47-51H2,1-2H3,(H,70,75)/b16-15-,46-44+. The van der Waals surface area contributed by atoms with Gasteiger partial charge in [0.25, 0.3) is 0 Å². The molecule has 3 saturated heterocycles. The van der Waals surface area contributed by atoms with E-state index in [0.29, 0.717) is 12.8 Å². The molecular weight excluding hydrogens is 1130 g/mol. The molecule has 3 aliphatic rings. The summed E-state index contributed by atoms with van der Waals surface area (Å²) in [6.07, 6.45) is 33.3. The van der Waals surface area contributed by atoms with Crippen LogP contribution in [0.2, 0.25) is 0 Å². The van der Waals surface area contributed by atoms with Crippen molar-refractivity contribution < 1.29 is 89.4 Å². The van der Waals surface area contributed by atoms with Crippen LogP contribution < -0.4 is 5.32 Å². The minimum Gasteiger partial charge on any atom is -0.394 e. The summed E-state index contributed by atoms with van der Waals surface area (Å²) in [6.45, 7) is 1.57. The first kappa shape index (κ1) is 80.5. The predicted octanol–water partition coefficient (Wildman–Crippen LogP) is 9.44. The second-order valence-electron chi connectivity index (χ2n) is 25.7. The molecule has 3 rings (SSSR count). The van der Waals surface area contributed by atoms with Crippen LogP contribution in [0.25, 0.3) is 0 Å². The molecule has 19 heteroatoms. The van der Waals surface area contributed by atoms with E-state index in [-0.39, 0.29) is 18.9 Å². The monoisotopic (exact) mass is 1260 g/mol. The van der Waals surface area contributed by atoms with Crippen LogP contribution in [-0.4, -0.2) is 193 Å². The summed E-state index contributed by atoms with van der Waals surface area (Å²) in [5, 5.41) is 119. The number of ether oxygens (including phenoxy) is 6. The first-order chi connectivity index (χ1) is 42.8. The molecule has 3 heterocycles. The third-order valence-electron chi connectivity index (χ3n) is 18.0. The topological polar surface area (TPSA) is 307 Å². The highest BCUT2D eigenvalue weighted by molar-refractivity contribution is 5.76. The molecule has 0 radical (unpaired) electrons. The summed E-state index contributed by atoms with van der Waals surface area (Å²) in [7, 11) is 0. The van der Waals surface area contributed by atoms with E-state index in [1.165, 1.54) is 212 Å². The van der Waals surface area contributed by atoms with E-state index in [9.17, 15) is 61.0 Å². The summed E-state index contributed by atoms with van der Waals surface area (Å²) in [5.41, 5.74) is 0. The smallest absolute Gasteiger partial charge is 0.220 e. The minimum atomic E-state index is -1.97. The summed E-state index contributed by atoms with van der Waals surface area (Å²) in [5.74, 6) is -0.280. The zero-order valence-electron chi connectivity index (χ0n) is 54.7. The number of rotatable bonds is 55. The Morgan fingerprint density at radius 2 is 0.727 bits per heavy atom. The van der Waals surface area contributed by atoms with Crippen LogP contribution in [0.1, 0.15) is 277 Å². The SMILES string of the molecule is CCCC/C=C/C(O)C(COC1OC(CO)C(OC2OC(CO)C(OC3OC(CO)C(O)C(O)C3O)C(O)C2O)C(O)C1O)NC(=O)CCCCCCCCCCCCCCCCCCCCCCCCCCCCC/C=C\CCCCCCCCCC. The van der Waals surface area contributed by atoms with Gasteiger partial charge < -0.3 is 89.9 Å². The molecule has 0 aromatic carbocycles. The molecule has 0 aromatic heterocycles. The van der Waals surface area contributed by atoms with Gasteiger partial charge in [0.15, 0.2) is 18.9 Å². The van der Waals surface area contributed by atoms with Crippen molar-refractivity contribution in [3.8, 4) is 0 Å². The molecule has 88 heavy (non-hydrogen) atoms. The number of nitrogens with one attached hydrogen (secondary N) is 1. The van der Waals surface area contributed by atoms with Gasteiger partial charge in [-0.05, 0) is 38.5 Å². The van der Waals surface area contributed by atoms with Gasteiger partial charge in [-0.1, -0.05) is 256 Å². The number of aliphatic hydroxyl groups excluding tert-OH is 11. The Bertz CT molecular complexity index is 1690. The van der Waals surface area contributed by atoms with Crippen molar-refractivity contribution in [2.45, 2.75) is 381 Å². The summed E-state index contributed by atoms with van der Waals surface area (Å²) in [6, 6.07) is -0.965. The molecule has 19 nitrogen and oxygen atoms in total. The number of amides is 1. The quantitative estimate of drug-likeness (QED) is 0.0199. The van der Waals surface area contributed by atoms with Gasteiger partial charge in [-0.25, -0.2) is 0 Å². The van der Waals surface area contributed by atoms with Gasteiger partial charge in [0.05, 0.1) is 38.6 Å². The predicted molar refractivity (Wildman–Crippen MR) is 342 cm³/mol. The number of carbonyl (C=O) groups is 1. The van der Waals surface area contributed by atoms with Crippen LogP contribution in [0.3, 0.4) is 0 Å². The zero-order valence-corrected chi connectivity index (χ0v) is 54.7. The maximum atomic E-state index is 13.2. The third kappa shape index (κ3) is 33.4. The van der Waals surface area contributed by atoms with Crippen molar-refractivity contribution in [1.82, 2.24) is 5.32 Å². The van der Waals surface area contributed by atoms with Crippen LogP contribution in [0.4, 0.5) is 0 Å². The maximum absolute atomic E-state index is 13.2. The second-order valence-corrected chi connectivity index (χ2v) is 25.7. The molecule has 0 aliphatic carbocycles. The normalized spacial score (nSPS) is 28.5. The average molecular weight is 1260 g/mol. The lowest BCUT2D eigenvalue weighted by molar-refractivity contribution is -0.379. The van der Waals surface area contributed by atoms with Gasteiger partial charge in [-0.15, -0.1) is 0 Å². The molecular formula is C69H129NO18. The Labute approximate surface area is 530 Å². The number of hydrogen-bond donors (Lipinski definition) is 12. The van der Waals surface area contributed by atoms with Gasteiger partial charge in [0.1, 0.15) is 73.2 Å². The highest BCUT2D eigenvalue weighted by Crippen LogP contribution is 2.33. The second kappa shape index (κ2) is 51.7. The fourth-order valence-electron chi connectivity index (χ4n) is 12.2. The van der Waals surface area contributed by atoms with Crippen LogP contribution in [0.15, 0.2) is 24.3 Å². The summed E-state index contributed by atoms with van der Waals surface area (Å²) < 4.78 is 34.1. The van der Waals surface area contributed by atoms with E-state index in [0.717, 1.165) is 32.1 Å². The lowest BCUT2D eigenvalue weighted by Crippen LogP contribution is -2.66. The van der Waals surface area contributed by atoms with Crippen molar-refractivity contribution in [1.29, 1.82) is 0 Å². The molecule has 12 N–H and O–H groups in total. The molecule has 0 bridgehead atoms. The molecule has 0 spiro atoms. The Morgan fingerprint density at radius 3 is 1.12 bits per heavy atom. The van der Waals surface area contributed by atoms with Gasteiger partial charge in [0, 0.05) is 6.42 Å². The number of allylic oxidation sites excluding steroid dienone is 3. The molecule has 17 atom stereocenters. The fraction of sp³-hybridized carbons (Fsp3) is 0.928. The number of carbonyl (C=O) groups excluding carboxylic acids is 1. The van der Waals surface area contributed by atoms with Crippen molar-refractivity contribution in [3.05, 3.63) is 24.3 Å². The third-order valence-corrected chi connectivity index (χ3v) is 18.0. The van der Waals surface area contributed by atoms with E-state index < -0.39 is 124 Å². The lowest BCUT2D eigenvalue weighted by atomic mass is 9.96. The zero-order chi connectivity index (χ0) is 64.0. The molecule has 0 aromatic rings. The van der Waals surface area contributed by atoms with E-state index in [1.54, 1.807) is 6.08 Å². The minimum absolute atomic E-state index is 0.246.